The van der Waals surface area contributed by atoms with E-state index in [2.05, 4.69) is 31.9 Å². The third-order valence-corrected chi connectivity index (χ3v) is 1.72. The topological polar surface area (TPSA) is 86.5 Å². The van der Waals surface area contributed by atoms with Gasteiger partial charge >= 0.3 is 0 Å². The lowest BCUT2D eigenvalue weighted by molar-refractivity contribution is 1.05. The minimum absolute atomic E-state index is 0.163. The molecule has 0 atom stereocenters. The molecule has 1 aromatic heterocycles. The van der Waals surface area contributed by atoms with Gasteiger partial charge in [-0.25, -0.2) is 0 Å². The molecule has 6 heteroatoms. The number of aromatic nitrogens is 3. The largest absolute Gasteiger partial charge is 0.324 e. The van der Waals surface area contributed by atoms with Gasteiger partial charge in [-0.1, -0.05) is 18.2 Å². The molecule has 0 aliphatic rings. The van der Waals surface area contributed by atoms with E-state index in [0.717, 1.165) is 5.69 Å². The first-order valence-corrected chi connectivity index (χ1v) is 4.48. The van der Waals surface area contributed by atoms with E-state index >= 15 is 0 Å². The summed E-state index contributed by atoms with van der Waals surface area (Å²) in [6.45, 7) is 0. The third kappa shape index (κ3) is 2.42. The van der Waals surface area contributed by atoms with Crippen molar-refractivity contribution in [3.05, 3.63) is 36.7 Å². The number of para-hydroxylation sites is 1. The van der Waals surface area contributed by atoms with E-state index in [1.54, 1.807) is 6.19 Å². The van der Waals surface area contributed by atoms with Crippen LogP contribution in [0.5, 0.6) is 0 Å². The SMILES string of the molecule is N#CNc1n[c]nc(Nc2ccccc2)n1. The number of anilines is 3. The Morgan fingerprint density at radius 1 is 1.12 bits per heavy atom. The number of benzene rings is 1. The average Bonchev–Trinajstić information content (AvgIpc) is 2.31. The van der Waals surface area contributed by atoms with Crippen LogP contribution in [-0.4, -0.2) is 15.0 Å². The van der Waals surface area contributed by atoms with Crippen molar-refractivity contribution in [2.45, 2.75) is 0 Å². The lowest BCUT2D eigenvalue weighted by Crippen LogP contribution is -2.02. The molecule has 2 rings (SSSR count). The summed E-state index contributed by atoms with van der Waals surface area (Å²) in [6, 6.07) is 9.44. The molecule has 16 heavy (non-hydrogen) atoms. The van der Waals surface area contributed by atoms with Crippen molar-refractivity contribution in [2.24, 2.45) is 0 Å². The second-order valence-corrected chi connectivity index (χ2v) is 2.81. The van der Waals surface area contributed by atoms with E-state index in [9.17, 15) is 0 Å². The zero-order valence-electron chi connectivity index (χ0n) is 8.18. The van der Waals surface area contributed by atoms with Crippen molar-refractivity contribution in [3.63, 3.8) is 0 Å². The van der Waals surface area contributed by atoms with Crippen molar-refractivity contribution in [3.8, 4) is 6.19 Å². The van der Waals surface area contributed by atoms with E-state index in [1.807, 2.05) is 30.3 Å². The molecule has 1 radical (unpaired) electrons. The Morgan fingerprint density at radius 3 is 2.62 bits per heavy atom. The molecule has 0 saturated carbocycles. The first-order valence-electron chi connectivity index (χ1n) is 4.48. The van der Waals surface area contributed by atoms with E-state index in [4.69, 9.17) is 5.26 Å². The highest BCUT2D eigenvalue weighted by atomic mass is 15.2. The van der Waals surface area contributed by atoms with Gasteiger partial charge in [-0.3, -0.25) is 5.32 Å². The molecule has 0 spiro atoms. The third-order valence-electron chi connectivity index (χ3n) is 1.72. The highest BCUT2D eigenvalue weighted by Gasteiger charge is 2.00. The average molecular weight is 211 g/mol. The van der Waals surface area contributed by atoms with Crippen LogP contribution in [0, 0.1) is 17.8 Å². The van der Waals surface area contributed by atoms with E-state index < -0.39 is 0 Å². The number of nitriles is 1. The summed E-state index contributed by atoms with van der Waals surface area (Å²) in [7, 11) is 0. The predicted molar refractivity (Wildman–Crippen MR) is 57.6 cm³/mol. The van der Waals surface area contributed by atoms with Crippen molar-refractivity contribution in [1.29, 1.82) is 5.26 Å². The molecule has 1 heterocycles. The summed E-state index contributed by atoms with van der Waals surface area (Å²) < 4.78 is 0. The summed E-state index contributed by atoms with van der Waals surface area (Å²) in [5.74, 6) is 0.495. The van der Waals surface area contributed by atoms with Gasteiger partial charge in [0.05, 0.1) is 0 Å². The van der Waals surface area contributed by atoms with Gasteiger partial charge in [0.25, 0.3) is 0 Å². The number of rotatable bonds is 3. The van der Waals surface area contributed by atoms with Gasteiger partial charge in [0.1, 0.15) is 0 Å². The molecular weight excluding hydrogens is 204 g/mol. The van der Waals surface area contributed by atoms with Crippen LogP contribution in [0.2, 0.25) is 0 Å². The van der Waals surface area contributed by atoms with Crippen LogP contribution in [0.15, 0.2) is 30.3 Å². The van der Waals surface area contributed by atoms with Crippen LogP contribution in [0.1, 0.15) is 0 Å². The van der Waals surface area contributed by atoms with Gasteiger partial charge in [-0.15, -0.1) is 0 Å². The number of hydrogen-bond donors (Lipinski definition) is 2. The molecule has 6 nitrogen and oxygen atoms in total. The fraction of sp³-hybridized carbons (Fsp3) is 0. The van der Waals surface area contributed by atoms with Crippen molar-refractivity contribution in [2.75, 3.05) is 10.6 Å². The molecule has 0 aliphatic heterocycles. The minimum Gasteiger partial charge on any atom is -0.324 e. The smallest absolute Gasteiger partial charge is 0.241 e. The van der Waals surface area contributed by atoms with Crippen LogP contribution in [0.25, 0.3) is 0 Å². The molecule has 0 fully saturated rings. The molecule has 2 N–H and O–H groups in total. The standard InChI is InChI=1S/C10H7N6/c11-6-12-9-13-7-14-10(16-9)15-8-4-2-1-3-5-8/h1-5H,(H2,12,13,14,15,16). The van der Waals surface area contributed by atoms with Gasteiger partial charge in [-0.05, 0) is 12.1 Å². The quantitative estimate of drug-likeness (QED) is 0.588. The molecule has 1 aromatic carbocycles. The normalized spacial score (nSPS) is 9.19. The van der Waals surface area contributed by atoms with Crippen LogP contribution in [-0.2, 0) is 0 Å². The first-order chi connectivity index (χ1) is 7.88. The van der Waals surface area contributed by atoms with E-state index in [1.165, 1.54) is 0 Å². The number of nitrogens with one attached hydrogen (secondary N) is 2. The Morgan fingerprint density at radius 2 is 1.88 bits per heavy atom. The lowest BCUT2D eigenvalue weighted by Gasteiger charge is -2.03. The van der Waals surface area contributed by atoms with E-state index in [0.29, 0.717) is 5.95 Å². The van der Waals surface area contributed by atoms with Crippen LogP contribution in [0.3, 0.4) is 0 Å². The second-order valence-electron chi connectivity index (χ2n) is 2.81. The zero-order valence-corrected chi connectivity index (χ0v) is 8.18. The van der Waals surface area contributed by atoms with Gasteiger partial charge in [0.2, 0.25) is 18.2 Å². The summed E-state index contributed by atoms with van der Waals surface area (Å²) in [5, 5.41) is 13.7. The summed E-state index contributed by atoms with van der Waals surface area (Å²) in [5.41, 5.74) is 0.852. The molecular formula is C10H7N6. The van der Waals surface area contributed by atoms with Gasteiger partial charge in [-0.2, -0.15) is 20.2 Å². The highest BCUT2D eigenvalue weighted by Crippen LogP contribution is 2.11. The Labute approximate surface area is 92.0 Å². The summed E-state index contributed by atoms with van der Waals surface area (Å²) in [4.78, 5) is 11.4. The van der Waals surface area contributed by atoms with Crippen molar-refractivity contribution < 1.29 is 0 Å². The second kappa shape index (κ2) is 4.70. The molecule has 0 bridgehead atoms. The fourth-order valence-electron chi connectivity index (χ4n) is 1.08. The first kappa shape index (κ1) is 9.86. The maximum Gasteiger partial charge on any atom is 0.241 e. The van der Waals surface area contributed by atoms with Gasteiger partial charge in [0, 0.05) is 5.69 Å². The molecule has 0 unspecified atom stereocenters. The Hall–Kier alpha value is -2.68. The van der Waals surface area contributed by atoms with E-state index in [-0.39, 0.29) is 5.95 Å². The maximum absolute atomic E-state index is 8.40. The molecule has 0 aliphatic carbocycles. The monoisotopic (exact) mass is 211 g/mol. The number of nitrogens with zero attached hydrogens (tertiary/aromatic N) is 4. The summed E-state index contributed by atoms with van der Waals surface area (Å²) in [6.07, 6.45) is 4.12. The minimum atomic E-state index is 0.163. The Balaban J connectivity index is 2.16. The lowest BCUT2D eigenvalue weighted by atomic mass is 10.3. The fourth-order valence-corrected chi connectivity index (χ4v) is 1.08. The molecule has 2 aromatic rings. The van der Waals surface area contributed by atoms with Crippen molar-refractivity contribution in [1.82, 2.24) is 15.0 Å². The van der Waals surface area contributed by atoms with Gasteiger partial charge < -0.3 is 5.32 Å². The molecule has 0 saturated heterocycles. The summed E-state index contributed by atoms with van der Waals surface area (Å²) >= 11 is 0. The van der Waals surface area contributed by atoms with Crippen LogP contribution < -0.4 is 10.6 Å². The Kier molecular flexibility index (Phi) is 2.90. The Bertz CT molecular complexity index is 504. The van der Waals surface area contributed by atoms with Gasteiger partial charge in [0.15, 0.2) is 6.19 Å². The maximum atomic E-state index is 8.40. The van der Waals surface area contributed by atoms with Crippen LogP contribution in [0.4, 0.5) is 17.6 Å². The van der Waals surface area contributed by atoms with Crippen molar-refractivity contribution >= 4 is 17.6 Å². The number of hydrogen-bond acceptors (Lipinski definition) is 6. The zero-order chi connectivity index (χ0) is 11.2. The molecule has 77 valence electrons. The molecule has 0 amide bonds. The predicted octanol–water partition coefficient (Wildman–Crippen LogP) is 1.31. The highest BCUT2D eigenvalue weighted by molar-refractivity contribution is 5.53. The van der Waals surface area contributed by atoms with Crippen LogP contribution >= 0.6 is 0 Å².